The summed E-state index contributed by atoms with van der Waals surface area (Å²) in [6, 6.07) is 25.2. The van der Waals surface area contributed by atoms with Gasteiger partial charge in [0.1, 0.15) is 0 Å². The molecule has 3 saturated carbocycles. The van der Waals surface area contributed by atoms with Gasteiger partial charge in [0.05, 0.1) is 27.9 Å². The minimum atomic E-state index is -0.344. The van der Waals surface area contributed by atoms with Crippen LogP contribution in [0.1, 0.15) is 92.9 Å². The molecule has 2 heterocycles. The fourth-order valence-electron chi connectivity index (χ4n) is 12.1. The van der Waals surface area contributed by atoms with Crippen molar-refractivity contribution < 1.29 is 9.59 Å². The number of pyridine rings is 2. The molecule has 59 heavy (non-hydrogen) atoms. The zero-order chi connectivity index (χ0) is 40.6. The maximum atomic E-state index is 13.6. The molecule has 2 aromatic heterocycles. The molecule has 10 heteroatoms. The molecule has 0 saturated heterocycles. The zero-order valence-corrected chi connectivity index (χ0v) is 33.7. The summed E-state index contributed by atoms with van der Waals surface area (Å²) in [7, 11) is 0. The topological polar surface area (TPSA) is 149 Å². The minimum absolute atomic E-state index is 0.0867. The summed E-state index contributed by atoms with van der Waals surface area (Å²) in [5, 5.41) is 11.5. The number of amides is 2. The molecule has 0 radical (unpaired) electrons. The number of H-pyrrole nitrogens is 2. The van der Waals surface area contributed by atoms with Crippen LogP contribution in [0.5, 0.6) is 0 Å². The van der Waals surface area contributed by atoms with E-state index in [2.05, 4.69) is 52.8 Å². The predicted octanol–water partition coefficient (Wildman–Crippen LogP) is 9.15. The van der Waals surface area contributed by atoms with Gasteiger partial charge >= 0.3 is 0 Å². The van der Waals surface area contributed by atoms with E-state index < -0.39 is 0 Å². The van der Waals surface area contributed by atoms with Gasteiger partial charge in [0.15, 0.2) is 10.9 Å². The third-order valence-electron chi connectivity index (χ3n) is 15.1. The van der Waals surface area contributed by atoms with Crippen molar-refractivity contribution in [2.24, 2.45) is 44.7 Å². The number of nitrogens with one attached hydrogen (secondary N) is 4. The van der Waals surface area contributed by atoms with E-state index in [1.807, 2.05) is 36.4 Å². The van der Waals surface area contributed by atoms with Crippen LogP contribution >= 0.6 is 0 Å². The van der Waals surface area contributed by atoms with Gasteiger partial charge in [-0.25, -0.2) is 10.9 Å². The Labute approximate surface area is 341 Å². The average Bonchev–Trinajstić information content (AvgIpc) is 3.62. The van der Waals surface area contributed by atoms with Crippen LogP contribution in [0.15, 0.2) is 116 Å². The third-order valence-corrected chi connectivity index (χ3v) is 15.1. The lowest BCUT2D eigenvalue weighted by atomic mass is 9.46. The number of allylic oxidation sites excluding steroid dienone is 2. The Morgan fingerprint density at radius 2 is 1.25 bits per heavy atom. The van der Waals surface area contributed by atoms with E-state index in [0.29, 0.717) is 72.5 Å². The van der Waals surface area contributed by atoms with Gasteiger partial charge < -0.3 is 9.97 Å². The van der Waals surface area contributed by atoms with Crippen molar-refractivity contribution in [2.45, 2.75) is 72.1 Å². The molecule has 6 aromatic rings. The first-order valence-corrected chi connectivity index (χ1v) is 21.0. The Bertz CT molecular complexity index is 2980. The molecule has 0 aliphatic heterocycles. The highest BCUT2D eigenvalue weighted by Crippen LogP contribution is 2.66. The number of fused-ring (bicyclic) bond motifs is 9. The number of nitrogens with zero attached hydrogens (tertiary/aromatic N) is 2. The highest BCUT2D eigenvalue weighted by Gasteiger charge is 2.59. The van der Waals surface area contributed by atoms with Crippen molar-refractivity contribution in [1.82, 2.24) is 20.8 Å². The van der Waals surface area contributed by atoms with Gasteiger partial charge in [-0.3, -0.25) is 19.2 Å². The SMILES string of the molecule is CC(=NNC(=O)c1cccc2c(=O)c3ccccc3[nH]c12)C1CCC2C3CCC4=CC(=NNC(=O)c5cccc6c(=O)c7ccccc7[nH]c56)CCC4(C)C3CCC12C. The monoisotopic (exact) mass is 784 g/mol. The molecule has 10 rings (SSSR count). The number of benzene rings is 4. The van der Waals surface area contributed by atoms with Crippen LogP contribution < -0.4 is 21.7 Å². The van der Waals surface area contributed by atoms with Crippen LogP contribution in [0.3, 0.4) is 0 Å². The van der Waals surface area contributed by atoms with Crippen molar-refractivity contribution in [1.29, 1.82) is 0 Å². The summed E-state index contributed by atoms with van der Waals surface area (Å²) in [6.07, 6.45) is 10.7. The number of carbonyl (C=O) groups excluding carboxylic acids is 2. The average molecular weight is 785 g/mol. The van der Waals surface area contributed by atoms with E-state index in [-0.39, 0.29) is 39.4 Å². The van der Waals surface area contributed by atoms with Crippen LogP contribution in [0.4, 0.5) is 0 Å². The molecule has 0 bridgehead atoms. The van der Waals surface area contributed by atoms with Crippen LogP contribution in [-0.4, -0.2) is 33.2 Å². The lowest BCUT2D eigenvalue weighted by Crippen LogP contribution is -2.51. The van der Waals surface area contributed by atoms with Crippen LogP contribution in [0.25, 0.3) is 43.6 Å². The molecule has 3 fully saturated rings. The second-order valence-electron chi connectivity index (χ2n) is 17.9. The smallest absolute Gasteiger partial charge is 0.273 e. The molecule has 4 aliphatic rings. The molecule has 4 aliphatic carbocycles. The second kappa shape index (κ2) is 14.0. The molecular formula is C49H48N6O4. The Morgan fingerprint density at radius 3 is 1.90 bits per heavy atom. The highest BCUT2D eigenvalue weighted by molar-refractivity contribution is 6.09. The van der Waals surface area contributed by atoms with Crippen LogP contribution in [-0.2, 0) is 0 Å². The molecule has 6 unspecified atom stereocenters. The number of aromatic amines is 2. The van der Waals surface area contributed by atoms with Crippen molar-refractivity contribution in [3.8, 4) is 0 Å². The van der Waals surface area contributed by atoms with Crippen LogP contribution in [0.2, 0.25) is 0 Å². The van der Waals surface area contributed by atoms with Gasteiger partial charge in [-0.15, -0.1) is 0 Å². The minimum Gasteiger partial charge on any atom is -0.354 e. The first-order chi connectivity index (χ1) is 28.5. The van der Waals surface area contributed by atoms with E-state index in [1.54, 1.807) is 48.5 Å². The Kier molecular flexibility index (Phi) is 8.81. The molecule has 2 amide bonds. The summed E-state index contributed by atoms with van der Waals surface area (Å²) < 4.78 is 0. The first-order valence-electron chi connectivity index (χ1n) is 21.0. The van der Waals surface area contributed by atoms with Gasteiger partial charge in [0, 0.05) is 44.2 Å². The molecule has 298 valence electrons. The van der Waals surface area contributed by atoms with Gasteiger partial charge in [0.2, 0.25) is 0 Å². The summed E-state index contributed by atoms with van der Waals surface area (Å²) in [5.74, 6) is 1.39. The van der Waals surface area contributed by atoms with Crippen molar-refractivity contribution in [2.75, 3.05) is 0 Å². The zero-order valence-electron chi connectivity index (χ0n) is 33.7. The molecule has 10 nitrogen and oxygen atoms in total. The number of aromatic nitrogens is 2. The predicted molar refractivity (Wildman–Crippen MR) is 235 cm³/mol. The molecule has 0 spiro atoms. The largest absolute Gasteiger partial charge is 0.354 e. The summed E-state index contributed by atoms with van der Waals surface area (Å²) in [5.41, 5.74) is 12.2. The number of hydrazone groups is 2. The Morgan fingerprint density at radius 1 is 0.661 bits per heavy atom. The lowest BCUT2D eigenvalue weighted by molar-refractivity contribution is -0.0407. The van der Waals surface area contributed by atoms with Gasteiger partial charge in [-0.05, 0) is 141 Å². The Balaban J connectivity index is 0.835. The molecule has 4 N–H and O–H groups in total. The molecular weight excluding hydrogens is 737 g/mol. The fraction of sp³-hybridized carbons (Fsp3) is 0.347. The standard InChI is InChI=1S/C49H48N6O4/c1-27(52-54-46(58)35-14-8-12-33-42(35)50-40-16-6-4-10-31(40)44(33)56)37-20-21-38-30-19-18-28-26-29(22-24-48(28,2)39(30)23-25-49(37,38)3)53-55-47(59)36-15-9-13-34-43(36)51-41-17-7-5-11-32(41)45(34)57/h4-17,26,30,37-39H,18-25H2,1-3H3,(H,50,56)(H,51,57)(H,54,58)(H,55,59). The van der Waals surface area contributed by atoms with Crippen LogP contribution in [0, 0.1) is 34.5 Å². The van der Waals surface area contributed by atoms with Crippen molar-refractivity contribution >= 4 is 66.8 Å². The maximum absolute atomic E-state index is 13.6. The quantitative estimate of drug-likeness (QED) is 0.0784. The van der Waals surface area contributed by atoms with E-state index >= 15 is 0 Å². The maximum Gasteiger partial charge on any atom is 0.273 e. The summed E-state index contributed by atoms with van der Waals surface area (Å²) in [6.45, 7) is 6.99. The second-order valence-corrected chi connectivity index (χ2v) is 17.9. The summed E-state index contributed by atoms with van der Waals surface area (Å²) in [4.78, 5) is 60.2. The van der Waals surface area contributed by atoms with Gasteiger partial charge in [-0.2, -0.15) is 10.2 Å². The van der Waals surface area contributed by atoms with E-state index in [4.69, 9.17) is 5.10 Å². The molecule has 4 aromatic carbocycles. The number of hydrogen-bond acceptors (Lipinski definition) is 6. The van der Waals surface area contributed by atoms with Crippen molar-refractivity contribution in [3.63, 3.8) is 0 Å². The first kappa shape index (κ1) is 37.1. The van der Waals surface area contributed by atoms with Gasteiger partial charge in [-0.1, -0.05) is 55.8 Å². The lowest BCUT2D eigenvalue weighted by Gasteiger charge is -2.58. The third kappa shape index (κ3) is 5.89. The number of carbonyl (C=O) groups is 2. The fourth-order valence-corrected chi connectivity index (χ4v) is 12.1. The normalized spacial score (nSPS) is 27.3. The highest BCUT2D eigenvalue weighted by atomic mass is 16.2. The van der Waals surface area contributed by atoms with E-state index in [1.165, 1.54) is 5.57 Å². The molecule has 6 atom stereocenters. The van der Waals surface area contributed by atoms with Crippen molar-refractivity contribution in [3.05, 3.63) is 128 Å². The number of rotatable bonds is 5. The number of para-hydroxylation sites is 4. The number of hydrogen-bond donors (Lipinski definition) is 4. The Hall–Kier alpha value is -6.16. The van der Waals surface area contributed by atoms with Gasteiger partial charge in [0.25, 0.3) is 11.8 Å². The van der Waals surface area contributed by atoms with E-state index in [9.17, 15) is 19.2 Å². The van der Waals surface area contributed by atoms with E-state index in [0.717, 1.165) is 62.8 Å². The summed E-state index contributed by atoms with van der Waals surface area (Å²) >= 11 is 0.